The van der Waals surface area contributed by atoms with Gasteiger partial charge in [-0.3, -0.25) is 4.79 Å². The Morgan fingerprint density at radius 2 is 1.83 bits per heavy atom. The van der Waals surface area contributed by atoms with E-state index in [1.165, 1.54) is 16.7 Å². The summed E-state index contributed by atoms with van der Waals surface area (Å²) in [7, 11) is -3.46. The van der Waals surface area contributed by atoms with Crippen LogP contribution in [0.25, 0.3) is 10.9 Å². The van der Waals surface area contributed by atoms with Crippen LogP contribution < -0.4 is 0 Å². The van der Waals surface area contributed by atoms with E-state index in [1.807, 2.05) is 0 Å². The number of hydrogen-bond acceptors (Lipinski definition) is 5. The number of rotatable bonds is 4. The molecule has 0 aliphatic heterocycles. The van der Waals surface area contributed by atoms with Crippen LogP contribution in [-0.2, 0) is 25.8 Å². The fraction of sp³-hybridized carbons (Fsp3) is 0.385. The van der Waals surface area contributed by atoms with Crippen molar-refractivity contribution in [2.45, 2.75) is 61.7 Å². The second-order valence-electron chi connectivity index (χ2n) is 9.93. The monoisotopic (exact) mass is 534 g/mol. The second-order valence-corrected chi connectivity index (χ2v) is 12.4. The van der Waals surface area contributed by atoms with E-state index in [0.717, 1.165) is 7.05 Å². The van der Waals surface area contributed by atoms with Gasteiger partial charge in [0.2, 0.25) is 0 Å². The number of aromatic nitrogens is 1. The van der Waals surface area contributed by atoms with Crippen LogP contribution in [0.5, 0.6) is 0 Å². The third kappa shape index (κ3) is 4.74. The smallest absolute Gasteiger partial charge is 0.419 e. The van der Waals surface area contributed by atoms with Crippen molar-refractivity contribution in [2.24, 2.45) is 0 Å². The summed E-state index contributed by atoms with van der Waals surface area (Å²) < 4.78 is 49.0. The summed E-state index contributed by atoms with van der Waals surface area (Å²) in [5, 5.41) is -0.863. The van der Waals surface area contributed by atoms with E-state index in [-0.39, 0.29) is 16.4 Å². The number of aryl methyl sites for hydroxylation is 1. The van der Waals surface area contributed by atoms with Gasteiger partial charge in [-0.05, 0) is 75.9 Å². The Balaban J connectivity index is 2.01. The number of halogens is 2. The van der Waals surface area contributed by atoms with Crippen LogP contribution in [-0.4, -0.2) is 48.0 Å². The normalized spacial score (nSPS) is 16.9. The van der Waals surface area contributed by atoms with Crippen molar-refractivity contribution < 1.29 is 27.2 Å². The number of ether oxygens (including phenoxy) is 1. The molecule has 0 saturated carbocycles. The molecule has 1 aliphatic carbocycles. The van der Waals surface area contributed by atoms with Gasteiger partial charge in [0.15, 0.2) is 15.1 Å². The van der Waals surface area contributed by atoms with Gasteiger partial charge < -0.3 is 4.74 Å². The molecule has 10 heteroatoms. The molecule has 1 heterocycles. The van der Waals surface area contributed by atoms with Gasteiger partial charge in [0, 0.05) is 29.1 Å². The molecule has 2 aromatic carbocycles. The maximum Gasteiger partial charge on any atom is 0.419 e. The third-order valence-electron chi connectivity index (χ3n) is 6.26. The number of fused-ring (bicyclic) bond motifs is 3. The van der Waals surface area contributed by atoms with Crippen LogP contribution in [0.3, 0.4) is 0 Å². The highest BCUT2D eigenvalue weighted by Gasteiger charge is 2.47. The first-order valence-corrected chi connectivity index (χ1v) is 13.5. The molecular weight excluding hydrogens is 507 g/mol. The molecule has 0 fully saturated rings. The van der Waals surface area contributed by atoms with Crippen LogP contribution in [0.4, 0.5) is 9.28 Å². The molecule has 0 bridgehead atoms. The summed E-state index contributed by atoms with van der Waals surface area (Å²) in [6.07, 6.45) is 0.633. The maximum absolute atomic E-state index is 14.4. The van der Waals surface area contributed by atoms with Crippen LogP contribution >= 0.6 is 11.6 Å². The zero-order chi connectivity index (χ0) is 26.4. The topological polar surface area (TPSA) is 85.7 Å². The lowest BCUT2D eigenvalue weighted by atomic mass is 9.84. The molecule has 1 aromatic heterocycles. The lowest BCUT2D eigenvalue weighted by Crippen LogP contribution is -2.44. The molecular formula is C26H28ClFN2O5S. The first-order chi connectivity index (χ1) is 16.8. The number of benzene rings is 2. The molecule has 3 aromatic rings. The maximum atomic E-state index is 14.4. The minimum atomic E-state index is -4.33. The molecule has 2 atom stereocenters. The minimum absolute atomic E-state index is 0.0969. The van der Waals surface area contributed by atoms with Gasteiger partial charge in [-0.15, -0.1) is 0 Å². The molecule has 1 amide bonds. The van der Waals surface area contributed by atoms with Gasteiger partial charge in [-0.25, -0.2) is 17.8 Å². The summed E-state index contributed by atoms with van der Waals surface area (Å²) in [4.78, 5) is 26.6. The predicted octanol–water partition coefficient (Wildman–Crippen LogP) is 5.68. The molecule has 2 unspecified atom stereocenters. The van der Waals surface area contributed by atoms with E-state index in [2.05, 4.69) is 0 Å². The lowest BCUT2D eigenvalue weighted by Gasteiger charge is -2.32. The SMILES string of the molecule is CN(F)C(=O)C(C1CCCc2c1n(C(=O)OC(C)(C)C)c1ccc(Cl)cc21)S(=O)(=O)c1ccccc1. The van der Waals surface area contributed by atoms with Gasteiger partial charge in [0.25, 0.3) is 5.91 Å². The highest BCUT2D eigenvalue weighted by Crippen LogP contribution is 2.44. The Morgan fingerprint density at radius 3 is 2.44 bits per heavy atom. The molecule has 0 saturated heterocycles. The molecule has 0 radical (unpaired) electrons. The first kappa shape index (κ1) is 26.2. The van der Waals surface area contributed by atoms with Gasteiger partial charge >= 0.3 is 6.09 Å². The zero-order valence-corrected chi connectivity index (χ0v) is 22.1. The zero-order valence-electron chi connectivity index (χ0n) is 20.5. The van der Waals surface area contributed by atoms with Crippen molar-refractivity contribution in [3.8, 4) is 0 Å². The van der Waals surface area contributed by atoms with E-state index >= 15 is 0 Å². The van der Waals surface area contributed by atoms with E-state index in [9.17, 15) is 22.5 Å². The Hall–Kier alpha value is -2.91. The van der Waals surface area contributed by atoms with Crippen LogP contribution in [0.2, 0.25) is 5.02 Å². The van der Waals surface area contributed by atoms with Gasteiger partial charge in [0.05, 0.1) is 10.4 Å². The molecule has 192 valence electrons. The van der Waals surface area contributed by atoms with Crippen LogP contribution in [0.15, 0.2) is 53.4 Å². The Kier molecular flexibility index (Phi) is 6.92. The second kappa shape index (κ2) is 9.52. The molecule has 4 rings (SSSR count). The average Bonchev–Trinajstić information content (AvgIpc) is 3.13. The molecule has 1 aliphatic rings. The summed E-state index contributed by atoms with van der Waals surface area (Å²) >= 11 is 6.27. The van der Waals surface area contributed by atoms with E-state index < -0.39 is 38.6 Å². The highest BCUT2D eigenvalue weighted by molar-refractivity contribution is 7.92. The molecule has 7 nitrogen and oxygen atoms in total. The summed E-state index contributed by atoms with van der Waals surface area (Å²) in [6, 6.07) is 12.5. The van der Waals surface area contributed by atoms with Crippen LogP contribution in [0.1, 0.15) is 50.8 Å². The highest BCUT2D eigenvalue weighted by atomic mass is 35.5. The van der Waals surface area contributed by atoms with Crippen LogP contribution in [0, 0.1) is 0 Å². The van der Waals surface area contributed by atoms with Gasteiger partial charge in [0.1, 0.15) is 5.60 Å². The fourth-order valence-corrected chi connectivity index (χ4v) is 7.00. The fourth-order valence-electron chi connectivity index (χ4n) is 4.89. The molecule has 0 spiro atoms. The van der Waals surface area contributed by atoms with E-state index in [4.69, 9.17) is 16.3 Å². The number of amides is 1. The number of carbonyl (C=O) groups excluding carboxylic acids is 2. The first-order valence-electron chi connectivity index (χ1n) is 11.6. The quantitative estimate of drug-likeness (QED) is 0.402. The minimum Gasteiger partial charge on any atom is -0.443 e. The average molecular weight is 535 g/mol. The largest absolute Gasteiger partial charge is 0.443 e. The number of hydrogen-bond donors (Lipinski definition) is 0. The Labute approximate surface area is 214 Å². The summed E-state index contributed by atoms with van der Waals surface area (Å²) in [6.45, 7) is 5.17. The summed E-state index contributed by atoms with van der Waals surface area (Å²) in [5.74, 6) is -2.20. The van der Waals surface area contributed by atoms with Crippen molar-refractivity contribution >= 4 is 44.3 Å². The third-order valence-corrected chi connectivity index (χ3v) is 8.63. The number of carbonyl (C=O) groups is 2. The van der Waals surface area contributed by atoms with Crippen molar-refractivity contribution in [2.75, 3.05) is 7.05 Å². The molecule has 0 N–H and O–H groups in total. The van der Waals surface area contributed by atoms with Gasteiger partial charge in [-0.1, -0.05) is 34.3 Å². The summed E-state index contributed by atoms with van der Waals surface area (Å²) in [5.41, 5.74) is 0.703. The standard InChI is InChI=1S/C26H28ClFN2O5S/c1-26(2,3)35-25(32)30-21-14-13-16(27)15-20(21)18-11-8-12-19(22(18)30)23(24(31)29(4)28)36(33,34)17-9-6-5-7-10-17/h5-7,9-10,13-15,19,23H,8,11-12H2,1-4H3. The van der Waals surface area contributed by atoms with E-state index in [1.54, 1.807) is 57.2 Å². The predicted molar refractivity (Wildman–Crippen MR) is 136 cm³/mol. The number of nitrogens with zero attached hydrogens (tertiary/aromatic N) is 2. The Bertz CT molecular complexity index is 1430. The van der Waals surface area contributed by atoms with Crippen molar-refractivity contribution in [1.29, 1.82) is 0 Å². The Morgan fingerprint density at radius 1 is 1.17 bits per heavy atom. The van der Waals surface area contributed by atoms with Gasteiger partial charge in [-0.2, -0.15) is 5.12 Å². The van der Waals surface area contributed by atoms with Crippen molar-refractivity contribution in [3.05, 3.63) is 64.8 Å². The lowest BCUT2D eigenvalue weighted by molar-refractivity contribution is -0.143. The number of sulfone groups is 1. The van der Waals surface area contributed by atoms with E-state index in [0.29, 0.717) is 40.0 Å². The van der Waals surface area contributed by atoms with Crippen molar-refractivity contribution in [1.82, 2.24) is 9.69 Å². The van der Waals surface area contributed by atoms with Crippen molar-refractivity contribution in [3.63, 3.8) is 0 Å². The molecule has 36 heavy (non-hydrogen) atoms.